The van der Waals surface area contributed by atoms with E-state index >= 15 is 0 Å². The molecule has 0 spiro atoms. The quantitative estimate of drug-likeness (QED) is 0.138. The molecule has 2 amide bonds. The zero-order chi connectivity index (χ0) is 43.7. The minimum atomic E-state index is -4.65. The smallest absolute Gasteiger partial charge is 0.416 e. The first kappa shape index (κ1) is 42.2. The minimum absolute atomic E-state index is 0.0377. The molecule has 0 aliphatic carbocycles. The first-order valence-electron chi connectivity index (χ1n) is 19.5. The number of fused-ring (bicyclic) bond motifs is 2. The summed E-state index contributed by atoms with van der Waals surface area (Å²) in [4.78, 5) is 57.9. The molecule has 2 aliphatic heterocycles. The second kappa shape index (κ2) is 17.5. The molecule has 0 bridgehead atoms. The molecule has 3 aromatic carbocycles. The lowest BCUT2D eigenvalue weighted by atomic mass is 10.0. The number of hydrogen-bond acceptors (Lipinski definition) is 10. The Morgan fingerprint density at radius 1 is 0.984 bits per heavy atom. The molecule has 0 radical (unpaired) electrons. The number of ether oxygens (including phenoxy) is 2. The molecule has 1 N–H and O–H groups in total. The van der Waals surface area contributed by atoms with Crippen molar-refractivity contribution in [2.24, 2.45) is 0 Å². The van der Waals surface area contributed by atoms with Gasteiger partial charge in [0, 0.05) is 31.7 Å². The van der Waals surface area contributed by atoms with Gasteiger partial charge in [-0.15, -0.1) is 5.10 Å². The molecule has 8 rings (SSSR count). The van der Waals surface area contributed by atoms with Gasteiger partial charge < -0.3 is 29.2 Å². The molecule has 1 fully saturated rings. The van der Waals surface area contributed by atoms with Crippen LogP contribution in [0.4, 0.5) is 33.3 Å². The third kappa shape index (κ3) is 8.54. The van der Waals surface area contributed by atoms with Crippen LogP contribution in [0.2, 0.25) is 5.02 Å². The van der Waals surface area contributed by atoms with E-state index in [-0.39, 0.29) is 72.9 Å². The maximum atomic E-state index is 14.5. The minimum Gasteiger partial charge on any atom is -0.484 e. The van der Waals surface area contributed by atoms with Crippen LogP contribution < -0.4 is 20.5 Å². The van der Waals surface area contributed by atoms with Crippen LogP contribution in [0.15, 0.2) is 77.9 Å². The van der Waals surface area contributed by atoms with Gasteiger partial charge in [-0.2, -0.15) is 22.7 Å². The summed E-state index contributed by atoms with van der Waals surface area (Å²) >= 11 is 6.17. The van der Waals surface area contributed by atoms with Crippen LogP contribution in [-0.2, 0) is 48.3 Å². The van der Waals surface area contributed by atoms with E-state index in [2.05, 4.69) is 20.4 Å². The van der Waals surface area contributed by atoms with Crippen LogP contribution in [-0.4, -0.2) is 78.6 Å². The van der Waals surface area contributed by atoms with E-state index in [9.17, 15) is 36.3 Å². The predicted molar refractivity (Wildman–Crippen MR) is 216 cm³/mol. The number of amides is 2. The highest BCUT2D eigenvalue weighted by atomic mass is 35.5. The number of hydrogen-bond donors (Lipinski definition) is 1. The van der Waals surface area contributed by atoms with E-state index in [1.165, 1.54) is 9.47 Å². The Balaban J connectivity index is 1.12. The Hall–Kier alpha value is -6.47. The Morgan fingerprint density at radius 2 is 1.76 bits per heavy atom. The van der Waals surface area contributed by atoms with Gasteiger partial charge in [0.15, 0.2) is 23.0 Å². The van der Waals surface area contributed by atoms with Gasteiger partial charge in [0.1, 0.15) is 25.2 Å². The lowest BCUT2D eigenvalue weighted by Crippen LogP contribution is -2.51. The van der Waals surface area contributed by atoms with E-state index in [1.54, 1.807) is 42.2 Å². The lowest BCUT2D eigenvalue weighted by molar-refractivity contribution is -0.137. The number of carbonyl (C=O) groups excluding carboxylic acids is 2. The number of nitrogens with zero attached hydrogens (tertiary/aromatic N) is 8. The standard InChI is InChI=1S/C42H37ClF5N9O5/c1-2-31-35(54-13-15-55(16-14-54)39(59)34-36(33(37(44)45)49-23-50-34)62-21-24-6-4-3-5-7-24)40(60)57-41(52-38(53-57)26-8-9-27-22-61-17-12-25(27)18-26)56(31)20-32(58)51-30-11-10-28(19-29(30)43)42(46,47)48/h3-11,18-19,23,37H,2,12-17,20-22H2,1H3,(H,51,58). The average molecular weight is 878 g/mol. The molecule has 62 heavy (non-hydrogen) atoms. The van der Waals surface area contributed by atoms with Gasteiger partial charge in [-0.1, -0.05) is 61.0 Å². The van der Waals surface area contributed by atoms with Gasteiger partial charge in [-0.3, -0.25) is 14.4 Å². The van der Waals surface area contributed by atoms with Crippen molar-refractivity contribution >= 4 is 40.6 Å². The Labute approximate surface area is 354 Å². The fourth-order valence-electron chi connectivity index (χ4n) is 7.53. The van der Waals surface area contributed by atoms with E-state index < -0.39 is 53.5 Å². The van der Waals surface area contributed by atoms with Gasteiger partial charge >= 0.3 is 6.18 Å². The monoisotopic (exact) mass is 877 g/mol. The Kier molecular flexibility index (Phi) is 11.9. The number of benzene rings is 3. The Morgan fingerprint density at radius 3 is 2.47 bits per heavy atom. The zero-order valence-electron chi connectivity index (χ0n) is 33.0. The maximum Gasteiger partial charge on any atom is 0.416 e. The number of piperazine rings is 1. The van der Waals surface area contributed by atoms with E-state index in [0.717, 1.165) is 34.1 Å². The summed E-state index contributed by atoms with van der Waals surface area (Å²) in [7, 11) is 0. The van der Waals surface area contributed by atoms with Crippen molar-refractivity contribution < 1.29 is 41.0 Å². The molecule has 6 aromatic rings. The number of carbonyl (C=O) groups is 2. The van der Waals surface area contributed by atoms with E-state index in [4.69, 9.17) is 26.1 Å². The summed E-state index contributed by atoms with van der Waals surface area (Å²) < 4.78 is 82.2. The number of alkyl halides is 5. The number of anilines is 2. The summed E-state index contributed by atoms with van der Waals surface area (Å²) in [6, 6.07) is 17.0. The van der Waals surface area contributed by atoms with Crippen molar-refractivity contribution in [1.82, 2.24) is 34.0 Å². The van der Waals surface area contributed by atoms with Crippen LogP contribution in [0, 0.1) is 0 Å². The van der Waals surface area contributed by atoms with Crippen molar-refractivity contribution in [2.75, 3.05) is 43.0 Å². The fourth-order valence-corrected chi connectivity index (χ4v) is 7.76. The number of rotatable bonds is 11. The van der Waals surface area contributed by atoms with Crippen LogP contribution in [0.25, 0.3) is 17.2 Å². The SMILES string of the molecule is CCc1c(N2CCN(C(=O)c3ncnc(C(F)F)c3OCc3ccccc3)CC2)c(=O)n2nc(-c3ccc4c(c3)CCOC4)nc2n1CC(=O)Nc1ccc(C(F)(F)F)cc1Cl. The molecule has 0 unspecified atom stereocenters. The summed E-state index contributed by atoms with van der Waals surface area (Å²) in [5.41, 5.74) is 1.29. The van der Waals surface area contributed by atoms with E-state index in [1.807, 2.05) is 18.2 Å². The highest BCUT2D eigenvalue weighted by molar-refractivity contribution is 6.33. The molecule has 14 nitrogen and oxygen atoms in total. The van der Waals surface area contributed by atoms with Crippen LogP contribution in [0.1, 0.15) is 57.5 Å². The van der Waals surface area contributed by atoms with Gasteiger partial charge in [0.2, 0.25) is 11.7 Å². The van der Waals surface area contributed by atoms with Crippen molar-refractivity contribution in [2.45, 2.75) is 52.1 Å². The van der Waals surface area contributed by atoms with Gasteiger partial charge in [0.25, 0.3) is 17.9 Å². The van der Waals surface area contributed by atoms with Crippen molar-refractivity contribution in [3.63, 3.8) is 0 Å². The summed E-state index contributed by atoms with van der Waals surface area (Å²) in [5, 5.41) is 6.86. The zero-order valence-corrected chi connectivity index (χ0v) is 33.7. The van der Waals surface area contributed by atoms with Gasteiger partial charge in [-0.05, 0) is 53.8 Å². The third-order valence-corrected chi connectivity index (χ3v) is 10.9. The van der Waals surface area contributed by atoms with Gasteiger partial charge in [0.05, 0.1) is 35.2 Å². The molecule has 0 atom stereocenters. The second-order valence-corrected chi connectivity index (χ2v) is 14.9. The molecule has 0 saturated carbocycles. The number of aromatic nitrogens is 6. The lowest BCUT2D eigenvalue weighted by Gasteiger charge is -2.36. The molecule has 20 heteroatoms. The van der Waals surface area contributed by atoms with E-state index in [0.29, 0.717) is 42.5 Å². The topological polar surface area (TPSA) is 149 Å². The largest absolute Gasteiger partial charge is 0.484 e. The van der Waals surface area contributed by atoms with Crippen molar-refractivity contribution in [3.05, 3.63) is 128 Å². The highest BCUT2D eigenvalue weighted by Gasteiger charge is 2.33. The van der Waals surface area contributed by atoms with Crippen LogP contribution in [0.3, 0.4) is 0 Å². The average Bonchev–Trinajstić information content (AvgIpc) is 3.73. The predicted octanol–water partition coefficient (Wildman–Crippen LogP) is 6.77. The van der Waals surface area contributed by atoms with Crippen molar-refractivity contribution in [1.29, 1.82) is 0 Å². The number of nitrogens with one attached hydrogen (secondary N) is 1. The molecular formula is C42H37ClF5N9O5. The Bertz CT molecular complexity index is 2720. The highest BCUT2D eigenvalue weighted by Crippen LogP contribution is 2.35. The second-order valence-electron chi connectivity index (χ2n) is 14.5. The van der Waals surface area contributed by atoms with Crippen LogP contribution >= 0.6 is 11.6 Å². The molecule has 2 aliphatic rings. The maximum absolute atomic E-state index is 14.5. The molecule has 322 valence electrons. The third-order valence-electron chi connectivity index (χ3n) is 10.6. The number of halogens is 6. The van der Waals surface area contributed by atoms with Crippen molar-refractivity contribution in [3.8, 4) is 17.1 Å². The molecular weight excluding hydrogens is 841 g/mol. The summed E-state index contributed by atoms with van der Waals surface area (Å²) in [5.74, 6) is -1.52. The summed E-state index contributed by atoms with van der Waals surface area (Å²) in [6.45, 7) is 2.52. The first-order chi connectivity index (χ1) is 29.8. The normalized spacial score (nSPS) is 14.3. The molecule has 1 saturated heterocycles. The summed E-state index contributed by atoms with van der Waals surface area (Å²) in [6.07, 6.45) is -5.93. The van der Waals surface area contributed by atoms with Crippen LogP contribution in [0.5, 0.6) is 5.75 Å². The first-order valence-corrected chi connectivity index (χ1v) is 19.9. The van der Waals surface area contributed by atoms with Gasteiger partial charge in [-0.25, -0.2) is 18.7 Å². The molecule has 3 aromatic heterocycles. The fraction of sp³-hybridized carbons (Fsp3) is 0.310. The molecule has 5 heterocycles.